The Hall–Kier alpha value is -2.82. The van der Waals surface area contributed by atoms with E-state index in [9.17, 15) is 0 Å². The van der Waals surface area contributed by atoms with Gasteiger partial charge in [0.15, 0.2) is 5.82 Å². The Morgan fingerprint density at radius 1 is 1.00 bits per heavy atom. The first-order valence-electron chi connectivity index (χ1n) is 8.22. The molecule has 0 saturated heterocycles. The van der Waals surface area contributed by atoms with Crippen LogP contribution in [0.15, 0.2) is 48.9 Å². The Labute approximate surface area is 141 Å². The van der Waals surface area contributed by atoms with Crippen LogP contribution in [0.4, 0.5) is 5.82 Å². The lowest BCUT2D eigenvalue weighted by atomic mass is 10.2. The van der Waals surface area contributed by atoms with Crippen LogP contribution in [-0.2, 0) is 19.4 Å². The lowest BCUT2D eigenvalue weighted by Crippen LogP contribution is -2.21. The van der Waals surface area contributed by atoms with Crippen molar-refractivity contribution in [3.8, 4) is 11.4 Å². The van der Waals surface area contributed by atoms with Gasteiger partial charge in [0.05, 0.1) is 12.2 Å². The summed E-state index contributed by atoms with van der Waals surface area (Å²) in [5.74, 6) is 1.80. The first kappa shape index (κ1) is 14.8. The minimum absolute atomic E-state index is 0.736. The van der Waals surface area contributed by atoms with Gasteiger partial charge in [-0.1, -0.05) is 6.07 Å². The molecule has 0 fully saturated rings. The lowest BCUT2D eigenvalue weighted by Gasteiger charge is -2.21. The van der Waals surface area contributed by atoms with Crippen molar-refractivity contribution in [2.24, 2.45) is 0 Å². The standard InChI is InChI=1S/C19H19N5/c1-24(13-15-5-2-3-10-21-15)19-16-6-4-7-17(16)22-18(23-19)14-8-11-20-12-9-14/h2-3,5,8-12H,4,6-7,13H2,1H3. The second-order valence-electron chi connectivity index (χ2n) is 6.06. The van der Waals surface area contributed by atoms with E-state index in [0.717, 1.165) is 48.7 Å². The molecule has 0 aliphatic heterocycles. The molecular formula is C19H19N5. The van der Waals surface area contributed by atoms with Gasteiger partial charge in [-0.2, -0.15) is 0 Å². The van der Waals surface area contributed by atoms with E-state index in [0.29, 0.717) is 0 Å². The number of nitrogens with zero attached hydrogens (tertiary/aromatic N) is 5. The van der Waals surface area contributed by atoms with Crippen LogP contribution in [0.5, 0.6) is 0 Å². The van der Waals surface area contributed by atoms with E-state index in [-0.39, 0.29) is 0 Å². The molecule has 3 heterocycles. The predicted molar refractivity (Wildman–Crippen MR) is 93.6 cm³/mol. The van der Waals surface area contributed by atoms with Gasteiger partial charge in [-0.05, 0) is 43.5 Å². The van der Waals surface area contributed by atoms with E-state index >= 15 is 0 Å². The number of hydrogen-bond acceptors (Lipinski definition) is 5. The molecule has 120 valence electrons. The summed E-state index contributed by atoms with van der Waals surface area (Å²) in [6.45, 7) is 0.736. The molecule has 5 nitrogen and oxygen atoms in total. The van der Waals surface area contributed by atoms with E-state index in [2.05, 4.69) is 21.9 Å². The second kappa shape index (κ2) is 6.35. The first-order chi connectivity index (χ1) is 11.8. The average molecular weight is 317 g/mol. The van der Waals surface area contributed by atoms with Crippen molar-refractivity contribution in [2.45, 2.75) is 25.8 Å². The number of rotatable bonds is 4. The smallest absolute Gasteiger partial charge is 0.161 e. The van der Waals surface area contributed by atoms with Gasteiger partial charge in [-0.3, -0.25) is 9.97 Å². The van der Waals surface area contributed by atoms with E-state index in [1.54, 1.807) is 12.4 Å². The zero-order valence-electron chi connectivity index (χ0n) is 13.7. The molecule has 0 N–H and O–H groups in total. The van der Waals surface area contributed by atoms with Crippen molar-refractivity contribution >= 4 is 5.82 Å². The molecule has 24 heavy (non-hydrogen) atoms. The van der Waals surface area contributed by atoms with Crippen LogP contribution >= 0.6 is 0 Å². The van der Waals surface area contributed by atoms with Crippen LogP contribution in [-0.4, -0.2) is 27.0 Å². The van der Waals surface area contributed by atoms with Crippen LogP contribution < -0.4 is 4.90 Å². The van der Waals surface area contributed by atoms with E-state index < -0.39 is 0 Å². The van der Waals surface area contributed by atoms with Gasteiger partial charge < -0.3 is 4.90 Å². The van der Waals surface area contributed by atoms with Crippen molar-refractivity contribution in [1.82, 2.24) is 19.9 Å². The third-order valence-electron chi connectivity index (χ3n) is 4.34. The Kier molecular flexibility index (Phi) is 3.91. The van der Waals surface area contributed by atoms with Gasteiger partial charge in [-0.15, -0.1) is 0 Å². The number of aryl methyl sites for hydroxylation is 1. The van der Waals surface area contributed by atoms with E-state index in [4.69, 9.17) is 9.97 Å². The second-order valence-corrected chi connectivity index (χ2v) is 6.06. The maximum Gasteiger partial charge on any atom is 0.161 e. The molecule has 0 aromatic carbocycles. The van der Waals surface area contributed by atoms with Gasteiger partial charge in [0, 0.05) is 42.5 Å². The molecule has 5 heteroatoms. The van der Waals surface area contributed by atoms with Crippen molar-refractivity contribution in [3.05, 3.63) is 65.9 Å². The van der Waals surface area contributed by atoms with Crippen LogP contribution in [0.3, 0.4) is 0 Å². The minimum Gasteiger partial charge on any atom is -0.353 e. The first-order valence-corrected chi connectivity index (χ1v) is 8.22. The van der Waals surface area contributed by atoms with Crippen molar-refractivity contribution in [1.29, 1.82) is 0 Å². The molecule has 0 spiro atoms. The normalized spacial score (nSPS) is 12.9. The zero-order valence-corrected chi connectivity index (χ0v) is 13.7. The fourth-order valence-electron chi connectivity index (χ4n) is 3.17. The molecule has 0 radical (unpaired) electrons. The topological polar surface area (TPSA) is 54.8 Å². The summed E-state index contributed by atoms with van der Waals surface area (Å²) in [6.07, 6.45) is 8.62. The molecule has 1 aliphatic carbocycles. The molecule has 3 aromatic heterocycles. The SMILES string of the molecule is CN(Cc1ccccn1)c1nc(-c2ccncc2)nc2c1CCC2. The van der Waals surface area contributed by atoms with Crippen LogP contribution in [0, 0.1) is 0 Å². The number of pyridine rings is 2. The molecular weight excluding hydrogens is 298 g/mol. The van der Waals surface area contributed by atoms with E-state index in [1.807, 2.05) is 36.5 Å². The summed E-state index contributed by atoms with van der Waals surface area (Å²) in [5.41, 5.74) is 4.51. The number of fused-ring (bicyclic) bond motifs is 1. The summed E-state index contributed by atoms with van der Waals surface area (Å²) >= 11 is 0. The van der Waals surface area contributed by atoms with Crippen molar-refractivity contribution < 1.29 is 0 Å². The van der Waals surface area contributed by atoms with Crippen molar-refractivity contribution in [2.75, 3.05) is 11.9 Å². The molecule has 0 unspecified atom stereocenters. The highest BCUT2D eigenvalue weighted by Crippen LogP contribution is 2.31. The van der Waals surface area contributed by atoms with Crippen LogP contribution in [0.1, 0.15) is 23.4 Å². The predicted octanol–water partition coefficient (Wildman–Crippen LogP) is 3.06. The highest BCUT2D eigenvalue weighted by atomic mass is 15.2. The largest absolute Gasteiger partial charge is 0.353 e. The minimum atomic E-state index is 0.736. The summed E-state index contributed by atoms with van der Waals surface area (Å²) < 4.78 is 0. The number of anilines is 1. The summed E-state index contributed by atoms with van der Waals surface area (Å²) in [5, 5.41) is 0. The highest BCUT2D eigenvalue weighted by molar-refractivity contribution is 5.60. The molecule has 0 bridgehead atoms. The summed E-state index contributed by atoms with van der Waals surface area (Å²) in [6, 6.07) is 9.91. The Morgan fingerprint density at radius 2 is 1.88 bits per heavy atom. The van der Waals surface area contributed by atoms with Crippen LogP contribution in [0.25, 0.3) is 11.4 Å². The number of aromatic nitrogens is 4. The van der Waals surface area contributed by atoms with Gasteiger partial charge in [0.1, 0.15) is 5.82 Å². The summed E-state index contributed by atoms with van der Waals surface area (Å²) in [7, 11) is 2.08. The molecule has 1 aliphatic rings. The van der Waals surface area contributed by atoms with Crippen molar-refractivity contribution in [3.63, 3.8) is 0 Å². The third-order valence-corrected chi connectivity index (χ3v) is 4.34. The van der Waals surface area contributed by atoms with Gasteiger partial charge in [0.25, 0.3) is 0 Å². The average Bonchev–Trinajstić information content (AvgIpc) is 3.11. The van der Waals surface area contributed by atoms with E-state index in [1.165, 1.54) is 11.3 Å². The van der Waals surface area contributed by atoms with Gasteiger partial charge in [0.2, 0.25) is 0 Å². The van der Waals surface area contributed by atoms with Crippen LogP contribution in [0.2, 0.25) is 0 Å². The van der Waals surface area contributed by atoms with Gasteiger partial charge in [-0.25, -0.2) is 9.97 Å². The molecule has 0 saturated carbocycles. The zero-order chi connectivity index (χ0) is 16.4. The fraction of sp³-hybridized carbons (Fsp3) is 0.263. The Balaban J connectivity index is 1.73. The van der Waals surface area contributed by atoms with Gasteiger partial charge >= 0.3 is 0 Å². The summed E-state index contributed by atoms with van der Waals surface area (Å²) in [4.78, 5) is 20.3. The Bertz CT molecular complexity index is 833. The quantitative estimate of drug-likeness (QED) is 0.740. The highest BCUT2D eigenvalue weighted by Gasteiger charge is 2.22. The maximum atomic E-state index is 4.87. The number of hydrogen-bond donors (Lipinski definition) is 0. The lowest BCUT2D eigenvalue weighted by molar-refractivity contribution is 0.848. The molecule has 0 amide bonds. The molecule has 4 rings (SSSR count). The molecule has 3 aromatic rings. The maximum absolute atomic E-state index is 4.87. The fourth-order valence-corrected chi connectivity index (χ4v) is 3.17. The third kappa shape index (κ3) is 2.85. The molecule has 0 atom stereocenters. The monoisotopic (exact) mass is 317 g/mol. The Morgan fingerprint density at radius 3 is 2.67 bits per heavy atom.